The average molecular weight is 487 g/mol. The molecule has 1 aromatic carbocycles. The van der Waals surface area contributed by atoms with Crippen molar-refractivity contribution < 1.29 is 33.4 Å². The number of amides is 1. The largest absolute Gasteiger partial charge is 0.466 e. The van der Waals surface area contributed by atoms with E-state index in [9.17, 15) is 19.2 Å². The fourth-order valence-electron chi connectivity index (χ4n) is 2.94. The van der Waals surface area contributed by atoms with Crippen LogP contribution in [-0.2, 0) is 35.1 Å². The molecule has 0 aliphatic carbocycles. The minimum Gasteiger partial charge on any atom is -0.466 e. The Morgan fingerprint density at radius 2 is 1.82 bits per heavy atom. The van der Waals surface area contributed by atoms with Crippen LogP contribution in [0, 0.1) is 0 Å². The zero-order chi connectivity index (χ0) is 24.7. The molecule has 0 atom stereocenters. The van der Waals surface area contributed by atoms with Gasteiger partial charge in [-0.2, -0.15) is 0 Å². The molecule has 178 valence electrons. The van der Waals surface area contributed by atoms with Crippen LogP contribution in [0.3, 0.4) is 0 Å². The van der Waals surface area contributed by atoms with E-state index in [1.165, 1.54) is 22.9 Å². The summed E-state index contributed by atoms with van der Waals surface area (Å²) in [5, 5.41) is 0.151. The van der Waals surface area contributed by atoms with Gasteiger partial charge in [-0.1, -0.05) is 18.2 Å². The van der Waals surface area contributed by atoms with Gasteiger partial charge in [0.05, 0.1) is 37.2 Å². The summed E-state index contributed by atoms with van der Waals surface area (Å²) in [4.78, 5) is 59.4. The van der Waals surface area contributed by atoms with Crippen LogP contribution in [-0.4, -0.2) is 58.9 Å². The van der Waals surface area contributed by atoms with Crippen LogP contribution < -0.4 is 4.90 Å². The van der Waals surface area contributed by atoms with Crippen molar-refractivity contribution in [2.45, 2.75) is 20.4 Å². The maximum Gasteiger partial charge on any atom is 0.358 e. The minimum absolute atomic E-state index is 0.0571. The average Bonchev–Trinajstić information content (AvgIpc) is 3.34. The van der Waals surface area contributed by atoms with Crippen molar-refractivity contribution in [2.24, 2.45) is 4.99 Å². The van der Waals surface area contributed by atoms with E-state index in [1.807, 2.05) is 0 Å². The lowest BCUT2D eigenvalue weighted by Gasteiger charge is -2.15. The lowest BCUT2D eigenvalue weighted by atomic mass is 10.3. The number of benzene rings is 1. The van der Waals surface area contributed by atoms with Crippen molar-refractivity contribution >= 4 is 52.2 Å². The second-order valence-corrected chi connectivity index (χ2v) is 7.58. The number of thioether (sulfide) groups is 1. The molecule has 1 aliphatic rings. The summed E-state index contributed by atoms with van der Waals surface area (Å²) in [7, 11) is 1.20. The summed E-state index contributed by atoms with van der Waals surface area (Å²) in [6.45, 7) is 3.30. The molecule has 0 unspecified atom stereocenters. The summed E-state index contributed by atoms with van der Waals surface area (Å²) < 4.78 is 16.0. The van der Waals surface area contributed by atoms with Crippen molar-refractivity contribution in [3.8, 4) is 0 Å². The standard InChI is InChI=1S/C22H22N4O7S/c1-4-32-17(28)12-25-13-23-19(18(25)21(30)33-5-2)24-22-26(14-9-7-6-8-10-14)20(29)15(34-22)11-16(27)31-3/h6-11,13H,4-5,12H2,1-3H3/b15-11-,24-22-. The maximum atomic E-state index is 13.1. The Hall–Kier alpha value is -3.93. The Morgan fingerprint density at radius 3 is 2.47 bits per heavy atom. The topological polar surface area (TPSA) is 129 Å². The highest BCUT2D eigenvalue weighted by molar-refractivity contribution is 8.19. The van der Waals surface area contributed by atoms with Gasteiger partial charge in [0.1, 0.15) is 6.54 Å². The third-order valence-electron chi connectivity index (χ3n) is 4.36. The normalized spacial score (nSPS) is 15.6. The van der Waals surface area contributed by atoms with E-state index in [4.69, 9.17) is 9.47 Å². The number of nitrogens with zero attached hydrogens (tertiary/aromatic N) is 4. The number of carbonyl (C=O) groups excluding carboxylic acids is 4. The van der Waals surface area contributed by atoms with Gasteiger partial charge < -0.3 is 18.8 Å². The molecule has 1 amide bonds. The third kappa shape index (κ3) is 5.52. The highest BCUT2D eigenvalue weighted by Crippen LogP contribution is 2.36. The minimum atomic E-state index is -0.741. The zero-order valence-corrected chi connectivity index (χ0v) is 19.5. The third-order valence-corrected chi connectivity index (χ3v) is 5.33. The van der Waals surface area contributed by atoms with E-state index in [1.54, 1.807) is 44.2 Å². The SMILES string of the molecule is CCOC(=O)Cn1cnc(/N=C2\S/C(=C\C(=O)OC)C(=O)N2c2ccccc2)c1C(=O)OCC. The number of aliphatic imine (C=N–C) groups is 1. The number of aromatic nitrogens is 2. The molecule has 0 radical (unpaired) electrons. The first-order valence-corrected chi connectivity index (χ1v) is 11.0. The fraction of sp³-hybridized carbons (Fsp3) is 0.273. The van der Waals surface area contributed by atoms with Gasteiger partial charge in [-0.15, -0.1) is 0 Å². The Balaban J connectivity index is 2.09. The highest BCUT2D eigenvalue weighted by Gasteiger charge is 2.36. The number of carbonyl (C=O) groups is 4. The highest BCUT2D eigenvalue weighted by atomic mass is 32.2. The number of methoxy groups -OCH3 is 1. The zero-order valence-electron chi connectivity index (χ0n) is 18.7. The number of esters is 3. The lowest BCUT2D eigenvalue weighted by molar-refractivity contribution is -0.143. The van der Waals surface area contributed by atoms with Gasteiger partial charge in [-0.3, -0.25) is 14.5 Å². The van der Waals surface area contributed by atoms with Crippen LogP contribution in [0.4, 0.5) is 11.5 Å². The molecular weight excluding hydrogens is 464 g/mol. The number of imidazole rings is 1. The molecule has 1 aromatic heterocycles. The first kappa shape index (κ1) is 24.7. The van der Waals surface area contributed by atoms with Gasteiger partial charge in [-0.25, -0.2) is 19.6 Å². The molecular formula is C22H22N4O7S. The van der Waals surface area contributed by atoms with E-state index in [0.29, 0.717) is 5.69 Å². The van der Waals surface area contributed by atoms with Crippen LogP contribution in [0.2, 0.25) is 0 Å². The van der Waals surface area contributed by atoms with Crippen molar-refractivity contribution in [2.75, 3.05) is 25.2 Å². The molecule has 1 fully saturated rings. The molecule has 1 saturated heterocycles. The number of anilines is 1. The van der Waals surface area contributed by atoms with Crippen molar-refractivity contribution in [3.63, 3.8) is 0 Å². The molecule has 34 heavy (non-hydrogen) atoms. The van der Waals surface area contributed by atoms with Gasteiger partial charge in [0.15, 0.2) is 16.7 Å². The predicted molar refractivity (Wildman–Crippen MR) is 124 cm³/mol. The molecule has 2 heterocycles. The van der Waals surface area contributed by atoms with Crippen LogP contribution in [0.5, 0.6) is 0 Å². The molecule has 0 saturated carbocycles. The predicted octanol–water partition coefficient (Wildman–Crippen LogP) is 2.45. The van der Waals surface area contributed by atoms with E-state index in [0.717, 1.165) is 17.8 Å². The van der Waals surface area contributed by atoms with Crippen LogP contribution in [0.15, 0.2) is 52.6 Å². The second-order valence-electron chi connectivity index (χ2n) is 6.57. The van der Waals surface area contributed by atoms with Gasteiger partial charge in [0.2, 0.25) is 0 Å². The summed E-state index contributed by atoms with van der Waals surface area (Å²) in [5.74, 6) is -2.56. The summed E-state index contributed by atoms with van der Waals surface area (Å²) in [6.07, 6.45) is 2.33. The van der Waals surface area contributed by atoms with Crippen molar-refractivity contribution in [1.82, 2.24) is 9.55 Å². The molecule has 2 aromatic rings. The molecule has 3 rings (SSSR count). The Morgan fingerprint density at radius 1 is 1.12 bits per heavy atom. The Bertz CT molecular complexity index is 1160. The molecule has 0 spiro atoms. The van der Waals surface area contributed by atoms with Gasteiger partial charge >= 0.3 is 17.9 Å². The van der Waals surface area contributed by atoms with Crippen LogP contribution in [0.25, 0.3) is 0 Å². The maximum absolute atomic E-state index is 13.1. The number of hydrogen-bond acceptors (Lipinski definition) is 10. The quantitative estimate of drug-likeness (QED) is 0.314. The van der Waals surface area contributed by atoms with Gasteiger partial charge in [-0.05, 0) is 37.7 Å². The number of amidine groups is 1. The molecule has 12 heteroatoms. The second kappa shape index (κ2) is 11.3. The lowest BCUT2D eigenvalue weighted by Crippen LogP contribution is -2.28. The van der Waals surface area contributed by atoms with Crippen LogP contribution in [0.1, 0.15) is 24.3 Å². The first-order chi connectivity index (χ1) is 16.4. The van der Waals surface area contributed by atoms with E-state index < -0.39 is 23.8 Å². The van der Waals surface area contributed by atoms with Crippen LogP contribution >= 0.6 is 11.8 Å². The number of rotatable bonds is 8. The van der Waals surface area contributed by atoms with E-state index >= 15 is 0 Å². The monoisotopic (exact) mass is 486 g/mol. The van der Waals surface area contributed by atoms with Crippen molar-refractivity contribution in [1.29, 1.82) is 0 Å². The number of hydrogen-bond donors (Lipinski definition) is 0. The molecule has 0 bridgehead atoms. The molecule has 1 aliphatic heterocycles. The number of para-hydroxylation sites is 1. The molecule has 0 N–H and O–H groups in total. The Labute approximate surface area is 199 Å². The summed E-state index contributed by atoms with van der Waals surface area (Å²) >= 11 is 0.919. The number of ether oxygens (including phenoxy) is 3. The van der Waals surface area contributed by atoms with Crippen molar-refractivity contribution in [3.05, 3.63) is 53.3 Å². The smallest absolute Gasteiger partial charge is 0.358 e. The summed E-state index contributed by atoms with van der Waals surface area (Å²) in [5.41, 5.74) is 0.421. The van der Waals surface area contributed by atoms with Gasteiger partial charge in [0.25, 0.3) is 5.91 Å². The fourth-order valence-corrected chi connectivity index (χ4v) is 3.88. The molecule has 11 nitrogen and oxygen atoms in total. The Kier molecular flexibility index (Phi) is 8.19. The first-order valence-electron chi connectivity index (χ1n) is 10.2. The van der Waals surface area contributed by atoms with E-state index in [2.05, 4.69) is 14.7 Å². The van der Waals surface area contributed by atoms with E-state index in [-0.39, 0.29) is 41.3 Å². The summed E-state index contributed by atoms with van der Waals surface area (Å²) in [6, 6.07) is 8.66. The van der Waals surface area contributed by atoms with Gasteiger partial charge in [0, 0.05) is 6.08 Å².